The first-order valence-corrected chi connectivity index (χ1v) is 7.48. The zero-order chi connectivity index (χ0) is 12.7. The topological polar surface area (TPSA) is 63.4 Å². The molecule has 0 bridgehead atoms. The zero-order valence-electron chi connectivity index (χ0n) is 10.2. The summed E-state index contributed by atoms with van der Waals surface area (Å²) in [5.41, 5.74) is 6.09. The molecule has 0 amide bonds. The van der Waals surface area contributed by atoms with E-state index in [0.29, 0.717) is 19.5 Å². The molecule has 0 saturated carbocycles. The van der Waals surface area contributed by atoms with Crippen LogP contribution in [0.25, 0.3) is 0 Å². The Balaban J connectivity index is 2.80. The summed E-state index contributed by atoms with van der Waals surface area (Å²) in [6.45, 7) is 2.83. The van der Waals surface area contributed by atoms with Gasteiger partial charge in [-0.3, -0.25) is 4.31 Å². The van der Waals surface area contributed by atoms with Gasteiger partial charge in [0, 0.05) is 6.54 Å². The fourth-order valence-electron chi connectivity index (χ4n) is 1.67. The van der Waals surface area contributed by atoms with Crippen LogP contribution < -0.4 is 10.0 Å². The quantitative estimate of drug-likeness (QED) is 0.753. The van der Waals surface area contributed by atoms with Gasteiger partial charge in [0.1, 0.15) is 0 Å². The highest BCUT2D eigenvalue weighted by atomic mass is 32.2. The second kappa shape index (κ2) is 6.61. The number of nitrogens with two attached hydrogens (primary N) is 1. The molecule has 4 nitrogen and oxygen atoms in total. The lowest BCUT2D eigenvalue weighted by Crippen LogP contribution is -2.32. The minimum absolute atomic E-state index is 0.160. The highest BCUT2D eigenvalue weighted by molar-refractivity contribution is 7.92. The van der Waals surface area contributed by atoms with Crippen LogP contribution in [0.3, 0.4) is 0 Å². The van der Waals surface area contributed by atoms with Crippen molar-refractivity contribution in [1.82, 2.24) is 0 Å². The van der Waals surface area contributed by atoms with Crippen molar-refractivity contribution in [1.29, 1.82) is 0 Å². The van der Waals surface area contributed by atoms with E-state index in [2.05, 4.69) is 0 Å². The molecule has 0 atom stereocenters. The Hall–Kier alpha value is -1.07. The molecule has 0 aliphatic carbocycles. The lowest BCUT2D eigenvalue weighted by molar-refractivity contribution is 0.587. The molecule has 0 aromatic heterocycles. The summed E-state index contributed by atoms with van der Waals surface area (Å²) < 4.78 is 25.7. The average molecular weight is 256 g/mol. The summed E-state index contributed by atoms with van der Waals surface area (Å²) >= 11 is 0. The van der Waals surface area contributed by atoms with Gasteiger partial charge in [0.15, 0.2) is 0 Å². The summed E-state index contributed by atoms with van der Waals surface area (Å²) in [4.78, 5) is 0. The molecule has 0 spiro atoms. The van der Waals surface area contributed by atoms with Crippen LogP contribution in [0.4, 0.5) is 5.69 Å². The minimum atomic E-state index is -3.22. The number of nitrogens with zero attached hydrogens (tertiary/aromatic N) is 1. The third-order valence-electron chi connectivity index (χ3n) is 2.52. The predicted octanol–water partition coefficient (Wildman–Crippen LogP) is 1.58. The maximum absolute atomic E-state index is 12.1. The Morgan fingerprint density at radius 2 is 1.82 bits per heavy atom. The van der Waals surface area contributed by atoms with E-state index >= 15 is 0 Å². The van der Waals surface area contributed by atoms with Crippen molar-refractivity contribution in [2.45, 2.75) is 19.8 Å². The highest BCUT2D eigenvalue weighted by Gasteiger charge is 2.19. The molecule has 1 aromatic carbocycles. The fourth-order valence-corrected chi connectivity index (χ4v) is 3.30. The van der Waals surface area contributed by atoms with Crippen molar-refractivity contribution >= 4 is 15.7 Å². The van der Waals surface area contributed by atoms with E-state index < -0.39 is 10.0 Å². The number of para-hydroxylation sites is 1. The van der Waals surface area contributed by atoms with Crippen LogP contribution in [-0.2, 0) is 10.0 Å². The number of hydrogen-bond acceptors (Lipinski definition) is 3. The molecular weight excluding hydrogens is 236 g/mol. The van der Waals surface area contributed by atoms with Gasteiger partial charge in [0.2, 0.25) is 10.0 Å². The van der Waals surface area contributed by atoms with E-state index in [4.69, 9.17) is 5.73 Å². The van der Waals surface area contributed by atoms with E-state index in [-0.39, 0.29) is 5.75 Å². The molecule has 1 aromatic rings. The SMILES string of the molecule is CCN(c1ccccc1)S(=O)(=O)CCCCN. The second-order valence-electron chi connectivity index (χ2n) is 3.81. The van der Waals surface area contributed by atoms with Crippen LogP contribution in [-0.4, -0.2) is 27.3 Å². The van der Waals surface area contributed by atoms with Crippen LogP contribution in [0.2, 0.25) is 0 Å². The van der Waals surface area contributed by atoms with Gasteiger partial charge in [-0.1, -0.05) is 18.2 Å². The maximum Gasteiger partial charge on any atom is 0.235 e. The lowest BCUT2D eigenvalue weighted by atomic mass is 10.3. The van der Waals surface area contributed by atoms with Gasteiger partial charge in [-0.25, -0.2) is 8.42 Å². The van der Waals surface area contributed by atoms with E-state index in [1.165, 1.54) is 4.31 Å². The summed E-state index contributed by atoms with van der Waals surface area (Å²) in [5.74, 6) is 0.160. The first-order chi connectivity index (χ1) is 8.11. The minimum Gasteiger partial charge on any atom is -0.330 e. The Morgan fingerprint density at radius 3 is 2.35 bits per heavy atom. The fraction of sp³-hybridized carbons (Fsp3) is 0.500. The van der Waals surface area contributed by atoms with Gasteiger partial charge in [-0.15, -0.1) is 0 Å². The molecule has 0 radical (unpaired) electrons. The van der Waals surface area contributed by atoms with E-state index in [9.17, 15) is 8.42 Å². The molecular formula is C12H20N2O2S. The third-order valence-corrected chi connectivity index (χ3v) is 4.47. The molecule has 0 heterocycles. The normalized spacial score (nSPS) is 11.4. The lowest BCUT2D eigenvalue weighted by Gasteiger charge is -2.22. The molecule has 17 heavy (non-hydrogen) atoms. The Bertz CT molecular complexity index is 417. The Kier molecular flexibility index (Phi) is 5.44. The van der Waals surface area contributed by atoms with Crippen molar-refractivity contribution in [3.05, 3.63) is 30.3 Å². The molecule has 0 unspecified atom stereocenters. The molecule has 96 valence electrons. The molecule has 0 aliphatic rings. The number of anilines is 1. The van der Waals surface area contributed by atoms with Crippen LogP contribution in [0.1, 0.15) is 19.8 Å². The summed E-state index contributed by atoms with van der Waals surface area (Å²) in [6.07, 6.45) is 1.35. The molecule has 0 fully saturated rings. The second-order valence-corrected chi connectivity index (χ2v) is 5.82. The first-order valence-electron chi connectivity index (χ1n) is 5.87. The highest BCUT2D eigenvalue weighted by Crippen LogP contribution is 2.17. The summed E-state index contributed by atoms with van der Waals surface area (Å²) in [6, 6.07) is 9.17. The Morgan fingerprint density at radius 1 is 1.18 bits per heavy atom. The number of benzene rings is 1. The van der Waals surface area contributed by atoms with Gasteiger partial charge in [-0.05, 0) is 38.4 Å². The summed E-state index contributed by atoms with van der Waals surface area (Å²) in [7, 11) is -3.22. The van der Waals surface area contributed by atoms with E-state index in [0.717, 1.165) is 12.1 Å². The predicted molar refractivity (Wildman–Crippen MR) is 71.5 cm³/mol. The van der Waals surface area contributed by atoms with Crippen molar-refractivity contribution in [2.75, 3.05) is 23.1 Å². The number of sulfonamides is 1. The van der Waals surface area contributed by atoms with Gasteiger partial charge >= 0.3 is 0 Å². The number of rotatable bonds is 7. The van der Waals surface area contributed by atoms with Crippen LogP contribution in [0.5, 0.6) is 0 Å². The van der Waals surface area contributed by atoms with Gasteiger partial charge in [-0.2, -0.15) is 0 Å². The summed E-state index contributed by atoms with van der Waals surface area (Å²) in [5, 5.41) is 0. The standard InChI is InChI=1S/C12H20N2O2S/c1-2-14(12-8-4-3-5-9-12)17(15,16)11-7-6-10-13/h3-5,8-9H,2,6-7,10-11,13H2,1H3. The van der Waals surface area contributed by atoms with Crippen molar-refractivity contribution < 1.29 is 8.42 Å². The third kappa shape index (κ3) is 4.02. The molecule has 1 rings (SSSR count). The van der Waals surface area contributed by atoms with Crippen molar-refractivity contribution in [3.63, 3.8) is 0 Å². The maximum atomic E-state index is 12.1. The smallest absolute Gasteiger partial charge is 0.235 e. The van der Waals surface area contributed by atoms with E-state index in [1.54, 1.807) is 0 Å². The van der Waals surface area contributed by atoms with Gasteiger partial charge in [0.25, 0.3) is 0 Å². The average Bonchev–Trinajstić information content (AvgIpc) is 2.31. The number of hydrogen-bond donors (Lipinski definition) is 1. The van der Waals surface area contributed by atoms with Crippen LogP contribution in [0.15, 0.2) is 30.3 Å². The monoisotopic (exact) mass is 256 g/mol. The largest absolute Gasteiger partial charge is 0.330 e. The molecule has 5 heteroatoms. The Labute approximate surface area is 103 Å². The van der Waals surface area contributed by atoms with Crippen molar-refractivity contribution in [2.24, 2.45) is 5.73 Å². The van der Waals surface area contributed by atoms with Crippen LogP contribution >= 0.6 is 0 Å². The molecule has 2 N–H and O–H groups in total. The van der Waals surface area contributed by atoms with Crippen molar-refractivity contribution in [3.8, 4) is 0 Å². The van der Waals surface area contributed by atoms with Gasteiger partial charge < -0.3 is 5.73 Å². The van der Waals surface area contributed by atoms with Gasteiger partial charge in [0.05, 0.1) is 11.4 Å². The molecule has 0 saturated heterocycles. The van der Waals surface area contributed by atoms with E-state index in [1.807, 2.05) is 37.3 Å². The zero-order valence-corrected chi connectivity index (χ0v) is 11.0. The molecule has 0 aliphatic heterocycles. The number of unbranched alkanes of at least 4 members (excludes halogenated alkanes) is 1. The van der Waals surface area contributed by atoms with Crippen LogP contribution in [0, 0.1) is 0 Å². The first kappa shape index (κ1) is 14.0.